The topological polar surface area (TPSA) is 187 Å². The van der Waals surface area contributed by atoms with Crippen molar-refractivity contribution < 1.29 is 34.8 Å². The second kappa shape index (κ2) is 6.91. The number of hydrogen-bond donors (Lipinski definition) is 6. The molecule has 4 aliphatic carbocycles. The molecule has 0 spiro atoms. The standard InChI is InChI=1S/C24H27N3O7/c1-27(2)17-12-8-23(26)7-11-10(9-3-4-9)5-6-13(28)14(11)18(29)16(23)21(32)24(12,34)20(31)15(19(17)30)22(25)33/h5-6,9,12,17,28,30,32,34H,3-4,7-8,26H2,1-2H3,(H2,25,33)/t12-,17-,23+,24+/m0/s1. The molecule has 0 heterocycles. The smallest absolute Gasteiger partial charge is 0.255 e. The molecule has 4 aliphatic rings. The minimum absolute atomic E-state index is 0.00462. The molecule has 1 fully saturated rings. The number of benzene rings is 1. The fourth-order valence-corrected chi connectivity index (χ4v) is 6.15. The molecule has 180 valence electrons. The molecule has 10 nitrogen and oxygen atoms in total. The monoisotopic (exact) mass is 469 g/mol. The van der Waals surface area contributed by atoms with E-state index in [4.69, 9.17) is 11.5 Å². The maximum absolute atomic E-state index is 13.7. The van der Waals surface area contributed by atoms with Gasteiger partial charge in [-0.25, -0.2) is 0 Å². The molecule has 8 N–H and O–H groups in total. The third kappa shape index (κ3) is 2.70. The lowest BCUT2D eigenvalue weighted by Crippen LogP contribution is -2.68. The van der Waals surface area contributed by atoms with Gasteiger partial charge >= 0.3 is 0 Å². The molecule has 4 atom stereocenters. The van der Waals surface area contributed by atoms with E-state index in [2.05, 4.69) is 0 Å². The van der Waals surface area contributed by atoms with Gasteiger partial charge in [-0.15, -0.1) is 0 Å². The molecule has 0 aromatic heterocycles. The summed E-state index contributed by atoms with van der Waals surface area (Å²) in [6.07, 6.45) is 1.83. The maximum atomic E-state index is 13.7. The summed E-state index contributed by atoms with van der Waals surface area (Å²) in [5.41, 5.74) is 8.18. The lowest BCUT2D eigenvalue weighted by molar-refractivity contribution is -0.148. The number of carbonyl (C=O) groups is 3. The molecule has 0 saturated heterocycles. The van der Waals surface area contributed by atoms with E-state index in [1.54, 1.807) is 20.2 Å². The van der Waals surface area contributed by atoms with E-state index >= 15 is 0 Å². The highest BCUT2D eigenvalue weighted by Gasteiger charge is 2.66. The third-order valence-electron chi connectivity index (χ3n) is 7.80. The number of phenols is 1. The maximum Gasteiger partial charge on any atom is 0.255 e. The predicted molar refractivity (Wildman–Crippen MR) is 119 cm³/mol. The summed E-state index contributed by atoms with van der Waals surface area (Å²) in [5.74, 6) is -6.13. The first-order valence-corrected chi connectivity index (χ1v) is 11.1. The molecule has 1 aromatic carbocycles. The highest BCUT2D eigenvalue weighted by Crippen LogP contribution is 2.54. The van der Waals surface area contributed by atoms with Crippen molar-refractivity contribution in [3.8, 4) is 5.75 Å². The lowest BCUT2D eigenvalue weighted by Gasteiger charge is -2.53. The van der Waals surface area contributed by atoms with E-state index in [0.717, 1.165) is 18.4 Å². The zero-order chi connectivity index (χ0) is 24.9. The van der Waals surface area contributed by atoms with Crippen LogP contribution < -0.4 is 11.5 Å². The highest BCUT2D eigenvalue weighted by atomic mass is 16.3. The van der Waals surface area contributed by atoms with Crippen LogP contribution in [0.1, 0.15) is 46.7 Å². The molecule has 34 heavy (non-hydrogen) atoms. The van der Waals surface area contributed by atoms with Gasteiger partial charge in [-0.2, -0.15) is 0 Å². The van der Waals surface area contributed by atoms with Crippen molar-refractivity contribution in [2.45, 2.75) is 48.8 Å². The molecular formula is C24H27N3O7. The quantitative estimate of drug-likeness (QED) is 0.333. The Labute approximate surface area is 195 Å². The minimum Gasteiger partial charge on any atom is -0.510 e. The number of nitrogens with zero attached hydrogens (tertiary/aromatic N) is 1. The van der Waals surface area contributed by atoms with Gasteiger partial charge in [0.15, 0.2) is 11.4 Å². The summed E-state index contributed by atoms with van der Waals surface area (Å²) in [6.45, 7) is 0. The number of hydrogen-bond acceptors (Lipinski definition) is 9. The molecule has 1 saturated carbocycles. The fourth-order valence-electron chi connectivity index (χ4n) is 6.15. The van der Waals surface area contributed by atoms with Crippen LogP contribution in [0.15, 0.2) is 34.8 Å². The number of carbonyl (C=O) groups excluding carboxylic acids is 3. The number of aromatic hydroxyl groups is 1. The molecule has 0 radical (unpaired) electrons. The second-order valence-corrected chi connectivity index (χ2v) is 10.1. The van der Waals surface area contributed by atoms with Gasteiger partial charge in [0.05, 0.1) is 22.7 Å². The van der Waals surface area contributed by atoms with Crippen LogP contribution in [0.4, 0.5) is 0 Å². The largest absolute Gasteiger partial charge is 0.510 e. The van der Waals surface area contributed by atoms with Crippen LogP contribution >= 0.6 is 0 Å². The van der Waals surface area contributed by atoms with Crippen LogP contribution in [0.3, 0.4) is 0 Å². The number of amides is 1. The summed E-state index contributed by atoms with van der Waals surface area (Å²) < 4.78 is 0. The van der Waals surface area contributed by atoms with Crippen LogP contribution in [0.5, 0.6) is 5.75 Å². The summed E-state index contributed by atoms with van der Waals surface area (Å²) in [5, 5.41) is 44.2. The molecule has 0 unspecified atom stereocenters. The first-order chi connectivity index (χ1) is 15.8. The van der Waals surface area contributed by atoms with Crippen molar-refractivity contribution in [3.63, 3.8) is 0 Å². The van der Waals surface area contributed by atoms with Crippen LogP contribution in [0.25, 0.3) is 0 Å². The Kier molecular flexibility index (Phi) is 4.59. The first kappa shape index (κ1) is 22.6. The van der Waals surface area contributed by atoms with E-state index in [9.17, 15) is 34.8 Å². The number of aliphatic hydroxyl groups is 3. The average Bonchev–Trinajstić information content (AvgIpc) is 3.55. The molecule has 1 aromatic rings. The minimum atomic E-state index is -2.71. The number of rotatable bonds is 3. The average molecular weight is 469 g/mol. The van der Waals surface area contributed by atoms with E-state index in [0.29, 0.717) is 5.56 Å². The number of Topliss-reactive ketones (excluding diaryl/α,β-unsaturated/α-hetero) is 2. The Morgan fingerprint density at radius 2 is 1.79 bits per heavy atom. The number of likely N-dealkylation sites (N-methyl/N-ethyl adjacent to an activating group) is 1. The molecule has 0 aliphatic heterocycles. The number of aliphatic hydroxyl groups excluding tert-OH is 2. The summed E-state index contributed by atoms with van der Waals surface area (Å²) in [4.78, 5) is 40.4. The SMILES string of the molecule is CN(C)[C@@H]1C(O)=C(C(N)=O)C(=O)[C@@]2(O)C(O)=C3C(=O)c4c(O)ccc(C5CC5)c4C[C@@]3(N)C[C@@H]12. The predicted octanol–water partition coefficient (Wildman–Crippen LogP) is 0.0793. The zero-order valence-electron chi connectivity index (χ0n) is 18.8. The van der Waals surface area contributed by atoms with Gasteiger partial charge in [0, 0.05) is 5.92 Å². The normalized spacial score (nSPS) is 33.1. The van der Waals surface area contributed by atoms with Gasteiger partial charge in [0.1, 0.15) is 22.8 Å². The van der Waals surface area contributed by atoms with Gasteiger partial charge in [-0.1, -0.05) is 6.07 Å². The number of phenolic OH excluding ortho intramolecular Hbond substituents is 1. The Morgan fingerprint density at radius 1 is 1.15 bits per heavy atom. The van der Waals surface area contributed by atoms with Gasteiger partial charge < -0.3 is 31.9 Å². The lowest BCUT2D eigenvalue weighted by atomic mass is 9.55. The first-order valence-electron chi connectivity index (χ1n) is 11.1. The molecule has 5 rings (SSSR count). The fraction of sp³-hybridized carbons (Fsp3) is 0.458. The van der Waals surface area contributed by atoms with Crippen molar-refractivity contribution in [2.24, 2.45) is 17.4 Å². The molecule has 0 bridgehead atoms. The van der Waals surface area contributed by atoms with Crippen LogP contribution in [-0.4, -0.2) is 74.1 Å². The molecule has 10 heteroatoms. The van der Waals surface area contributed by atoms with Crippen LogP contribution in [-0.2, 0) is 16.0 Å². The van der Waals surface area contributed by atoms with Crippen molar-refractivity contribution in [1.29, 1.82) is 0 Å². The Hall–Kier alpha value is -3.21. The Morgan fingerprint density at radius 3 is 2.35 bits per heavy atom. The van der Waals surface area contributed by atoms with Crippen molar-refractivity contribution in [3.05, 3.63) is 51.5 Å². The van der Waals surface area contributed by atoms with Crippen molar-refractivity contribution >= 4 is 17.5 Å². The highest BCUT2D eigenvalue weighted by molar-refractivity contribution is 6.25. The van der Waals surface area contributed by atoms with Crippen LogP contribution in [0.2, 0.25) is 0 Å². The number of ketones is 2. The van der Waals surface area contributed by atoms with Gasteiger partial charge in [0.2, 0.25) is 5.78 Å². The van der Waals surface area contributed by atoms with Gasteiger partial charge in [-0.3, -0.25) is 19.3 Å². The Balaban J connectivity index is 1.77. The Bertz CT molecular complexity index is 1250. The zero-order valence-corrected chi connectivity index (χ0v) is 18.8. The molecular weight excluding hydrogens is 442 g/mol. The van der Waals surface area contributed by atoms with Gasteiger partial charge in [0.25, 0.3) is 5.91 Å². The van der Waals surface area contributed by atoms with Crippen molar-refractivity contribution in [1.82, 2.24) is 4.90 Å². The molecule has 1 amide bonds. The number of primary amides is 1. The van der Waals surface area contributed by atoms with E-state index in [-0.39, 0.29) is 35.6 Å². The van der Waals surface area contributed by atoms with E-state index in [1.165, 1.54) is 11.0 Å². The van der Waals surface area contributed by atoms with E-state index < -0.39 is 57.7 Å². The second-order valence-electron chi connectivity index (χ2n) is 10.1. The van der Waals surface area contributed by atoms with Gasteiger partial charge in [-0.05, 0) is 62.9 Å². The van der Waals surface area contributed by atoms with Crippen molar-refractivity contribution in [2.75, 3.05) is 14.1 Å². The van der Waals surface area contributed by atoms with E-state index in [1.807, 2.05) is 0 Å². The third-order valence-corrected chi connectivity index (χ3v) is 7.80. The summed E-state index contributed by atoms with van der Waals surface area (Å²) >= 11 is 0. The van der Waals surface area contributed by atoms with Crippen LogP contribution in [0, 0.1) is 5.92 Å². The number of fused-ring (bicyclic) bond motifs is 3. The summed E-state index contributed by atoms with van der Waals surface area (Å²) in [7, 11) is 3.14. The summed E-state index contributed by atoms with van der Waals surface area (Å²) in [6, 6.07) is 2.11. The number of nitrogens with two attached hydrogens (primary N) is 2.